The zero-order valence-corrected chi connectivity index (χ0v) is 46.7. The van der Waals surface area contributed by atoms with Gasteiger partial charge in [-0.2, -0.15) is 10.2 Å². The van der Waals surface area contributed by atoms with Gasteiger partial charge in [-0.05, 0) is 132 Å². The van der Waals surface area contributed by atoms with E-state index in [1.165, 1.54) is 13.2 Å². The summed E-state index contributed by atoms with van der Waals surface area (Å²) in [6.45, 7) is 8.13. The molecule has 0 saturated heterocycles. The van der Waals surface area contributed by atoms with Gasteiger partial charge in [-0.25, -0.2) is 9.59 Å². The van der Waals surface area contributed by atoms with Crippen molar-refractivity contribution in [2.75, 3.05) is 7.11 Å². The summed E-state index contributed by atoms with van der Waals surface area (Å²) in [6.07, 6.45) is 7.93. The SMILES string of the molecule is CCC(c1ccc(C(=O)NCc2cnc(C)cn2)cc1-c1ccc(OC)cc1C(=O)O)c1n[nH]c2cc(C(=N)N)ccc12.CCC(c1ccccc1-c1cc(C(=O)NCc2cccnc2)c(C)cc1C(=O)O)c1n[nH]c2cc(C(=N)N)ccc12. The number of hydrogen-bond acceptors (Lipinski definition) is 12. The number of carbonyl (C=O) groups is 4. The number of nitrogen functional groups attached to an aromatic ring is 2. The number of nitrogens with zero attached hydrogens (tertiary/aromatic N) is 5. The minimum atomic E-state index is -1.12. The van der Waals surface area contributed by atoms with Gasteiger partial charge in [0.15, 0.2) is 0 Å². The van der Waals surface area contributed by atoms with Gasteiger partial charge in [-0.3, -0.25) is 45.6 Å². The molecular weight excluding hydrogens is 1060 g/mol. The molecule has 20 nitrogen and oxygen atoms in total. The summed E-state index contributed by atoms with van der Waals surface area (Å²) in [6, 6.07) is 35.6. The van der Waals surface area contributed by atoms with Crippen LogP contribution in [0.15, 0.2) is 146 Å². The van der Waals surface area contributed by atoms with Crippen molar-refractivity contribution < 1.29 is 34.1 Å². The Bertz CT molecular complexity index is 4160. The van der Waals surface area contributed by atoms with Crippen molar-refractivity contribution in [2.24, 2.45) is 11.5 Å². The van der Waals surface area contributed by atoms with Gasteiger partial charge in [-0.1, -0.05) is 74.5 Å². The molecule has 0 aliphatic rings. The Kier molecular flexibility index (Phi) is 17.4. The average Bonchev–Trinajstić information content (AvgIpc) is 2.85. The smallest absolute Gasteiger partial charge is 0.336 e. The van der Waals surface area contributed by atoms with Crippen LogP contribution >= 0.6 is 0 Å². The lowest BCUT2D eigenvalue weighted by Gasteiger charge is -2.21. The number of amides is 2. The van der Waals surface area contributed by atoms with Crippen molar-refractivity contribution in [3.63, 3.8) is 0 Å². The Balaban J connectivity index is 0.000000202. The number of aryl methyl sites for hydroxylation is 2. The number of pyridine rings is 1. The molecule has 20 heteroatoms. The number of carboxylic acid groups (broad SMARTS) is 2. The van der Waals surface area contributed by atoms with E-state index < -0.39 is 11.9 Å². The molecule has 84 heavy (non-hydrogen) atoms. The van der Waals surface area contributed by atoms with Gasteiger partial charge >= 0.3 is 11.9 Å². The van der Waals surface area contributed by atoms with E-state index in [1.54, 1.807) is 98.4 Å². The van der Waals surface area contributed by atoms with E-state index in [9.17, 15) is 29.4 Å². The molecule has 0 spiro atoms. The first-order chi connectivity index (χ1) is 40.5. The summed E-state index contributed by atoms with van der Waals surface area (Å²) in [5.41, 5.74) is 23.2. The van der Waals surface area contributed by atoms with Crippen LogP contribution in [0.25, 0.3) is 44.1 Å². The van der Waals surface area contributed by atoms with Gasteiger partial charge < -0.3 is 37.1 Å². The van der Waals surface area contributed by atoms with Crippen LogP contribution in [0.1, 0.15) is 136 Å². The molecule has 424 valence electrons. The molecule has 0 fully saturated rings. The monoisotopic (exact) mass is 1120 g/mol. The Morgan fingerprint density at radius 2 is 1.20 bits per heavy atom. The third kappa shape index (κ3) is 12.4. The number of amidine groups is 2. The highest BCUT2D eigenvalue weighted by atomic mass is 16.5. The number of aromatic nitrogens is 7. The predicted octanol–water partition coefficient (Wildman–Crippen LogP) is 10.2. The van der Waals surface area contributed by atoms with E-state index in [0.29, 0.717) is 75.3 Å². The fourth-order valence-electron chi connectivity index (χ4n) is 10.3. The quantitative estimate of drug-likeness (QED) is 0.0266. The Labute approximate surface area is 482 Å². The summed E-state index contributed by atoms with van der Waals surface area (Å²) in [7, 11) is 1.47. The number of rotatable bonds is 19. The molecule has 4 heterocycles. The number of hydrogen-bond donors (Lipinski definition) is 10. The van der Waals surface area contributed by atoms with Crippen LogP contribution in [0.3, 0.4) is 0 Å². The average molecular weight is 1120 g/mol. The number of nitrogens with two attached hydrogens (primary N) is 2. The number of H-pyrrole nitrogens is 2. The molecule has 0 aliphatic heterocycles. The number of aromatic amines is 2. The molecule has 0 aliphatic carbocycles. The normalized spacial score (nSPS) is 11.7. The summed E-state index contributed by atoms with van der Waals surface area (Å²) < 4.78 is 5.29. The Hall–Kier alpha value is -10.9. The number of benzene rings is 6. The molecule has 0 radical (unpaired) electrons. The molecule has 0 saturated carbocycles. The third-order valence-electron chi connectivity index (χ3n) is 14.6. The molecule has 10 aromatic rings. The maximum atomic E-state index is 13.3. The fraction of sp³-hybridized carbons (Fsp3) is 0.172. The highest BCUT2D eigenvalue weighted by Gasteiger charge is 2.28. The largest absolute Gasteiger partial charge is 0.497 e. The van der Waals surface area contributed by atoms with Gasteiger partial charge in [0, 0.05) is 70.0 Å². The maximum absolute atomic E-state index is 13.3. The second kappa shape index (κ2) is 25.3. The number of methoxy groups -OCH3 is 1. The molecule has 12 N–H and O–H groups in total. The number of carbonyl (C=O) groups excluding carboxylic acids is 2. The van der Waals surface area contributed by atoms with Crippen molar-refractivity contribution in [3.05, 3.63) is 225 Å². The van der Waals surface area contributed by atoms with Crippen LogP contribution in [0.2, 0.25) is 0 Å². The third-order valence-corrected chi connectivity index (χ3v) is 14.6. The van der Waals surface area contributed by atoms with Crippen LogP contribution in [-0.4, -0.2) is 88.1 Å². The first kappa shape index (κ1) is 57.8. The van der Waals surface area contributed by atoms with Gasteiger partial charge in [0.1, 0.15) is 17.4 Å². The number of carboxylic acids is 2. The molecule has 4 aromatic heterocycles. The lowest BCUT2D eigenvalue weighted by Crippen LogP contribution is -2.24. The highest BCUT2D eigenvalue weighted by molar-refractivity contribution is 6.04. The lowest BCUT2D eigenvalue weighted by atomic mass is 9.83. The summed E-state index contributed by atoms with van der Waals surface area (Å²) in [4.78, 5) is 64.0. The van der Waals surface area contributed by atoms with E-state index in [-0.39, 0.29) is 53.0 Å². The highest BCUT2D eigenvalue weighted by Crippen LogP contribution is 2.42. The van der Waals surface area contributed by atoms with E-state index >= 15 is 0 Å². The van der Waals surface area contributed by atoms with Gasteiger partial charge in [0.05, 0.1) is 64.8 Å². The van der Waals surface area contributed by atoms with E-state index in [1.807, 2.05) is 62.4 Å². The van der Waals surface area contributed by atoms with Crippen molar-refractivity contribution in [1.82, 2.24) is 46.0 Å². The van der Waals surface area contributed by atoms with Crippen molar-refractivity contribution >= 4 is 57.2 Å². The van der Waals surface area contributed by atoms with E-state index in [2.05, 4.69) is 52.9 Å². The maximum Gasteiger partial charge on any atom is 0.336 e. The minimum Gasteiger partial charge on any atom is -0.497 e. The predicted molar refractivity (Wildman–Crippen MR) is 321 cm³/mol. The molecule has 10 rings (SSSR count). The molecular formula is C64H61N13O7. The van der Waals surface area contributed by atoms with E-state index in [0.717, 1.165) is 61.1 Å². The summed E-state index contributed by atoms with van der Waals surface area (Å²) in [5, 5.41) is 58.7. The second-order valence-electron chi connectivity index (χ2n) is 20.0. The standard InChI is InChI=1S/C32H31N7O4.C32H30N6O3/c1-4-22(29-25-9-5-18(30(33)34)12-28(25)38-39-29)23-8-6-19(31(40)37-16-20-15-35-17(2)14-36-20)11-26(23)24-10-7-21(43-3)13-27(24)32(41)42;1-3-21(29-24-11-10-20(30(33)34)14-28(24)37-38-29)22-8-4-5-9-23(22)26-15-25(18(2)13-27(26)32(40)41)31(39)36-17-19-7-6-12-35-16-19/h5-15,22H,4,16H2,1-3H3,(H3,33,34)(H,37,40)(H,38,39)(H,41,42);4-16,21H,3,17H2,1-2H3,(H3,33,34)(H,36,39)(H,37,38)(H,40,41). The number of aromatic carboxylic acids is 2. The lowest BCUT2D eigenvalue weighted by molar-refractivity contribution is 0.0686. The second-order valence-corrected chi connectivity index (χ2v) is 20.0. The van der Waals surface area contributed by atoms with Gasteiger partial charge in [-0.15, -0.1) is 0 Å². The molecule has 6 aromatic carbocycles. The van der Waals surface area contributed by atoms with Crippen LogP contribution in [-0.2, 0) is 13.1 Å². The molecule has 2 unspecified atom stereocenters. The minimum absolute atomic E-state index is 0.0266. The number of fused-ring (bicyclic) bond motifs is 2. The topological polar surface area (TPSA) is 338 Å². The Morgan fingerprint density at radius 1 is 0.595 bits per heavy atom. The van der Waals surface area contributed by atoms with E-state index in [4.69, 9.17) is 27.0 Å². The van der Waals surface area contributed by atoms with Gasteiger partial charge in [0.2, 0.25) is 0 Å². The van der Waals surface area contributed by atoms with Crippen molar-refractivity contribution in [3.8, 4) is 28.0 Å². The molecule has 0 bridgehead atoms. The van der Waals surface area contributed by atoms with Crippen LogP contribution in [0.4, 0.5) is 0 Å². The summed E-state index contributed by atoms with van der Waals surface area (Å²) >= 11 is 0. The first-order valence-corrected chi connectivity index (χ1v) is 26.9. The Morgan fingerprint density at radius 3 is 1.77 bits per heavy atom. The zero-order chi connectivity index (χ0) is 59.8. The number of nitrogens with one attached hydrogen (secondary N) is 6. The van der Waals surface area contributed by atoms with Crippen LogP contribution in [0, 0.1) is 24.7 Å². The van der Waals surface area contributed by atoms with Gasteiger partial charge in [0.25, 0.3) is 11.8 Å². The molecule has 2 atom stereocenters. The molecule has 2 amide bonds. The van der Waals surface area contributed by atoms with Crippen LogP contribution in [0.5, 0.6) is 5.75 Å². The number of ether oxygens (including phenoxy) is 1. The van der Waals surface area contributed by atoms with Crippen LogP contribution < -0.4 is 26.8 Å². The fourth-order valence-corrected chi connectivity index (χ4v) is 10.3. The zero-order valence-electron chi connectivity index (χ0n) is 46.7. The summed E-state index contributed by atoms with van der Waals surface area (Å²) in [5.74, 6) is -2.92. The first-order valence-electron chi connectivity index (χ1n) is 26.9. The van der Waals surface area contributed by atoms with Crippen molar-refractivity contribution in [1.29, 1.82) is 10.8 Å². The van der Waals surface area contributed by atoms with Crippen molar-refractivity contribution in [2.45, 2.75) is 65.5 Å².